The van der Waals surface area contributed by atoms with Crippen molar-refractivity contribution >= 4 is 22.5 Å². The van der Waals surface area contributed by atoms with Crippen molar-refractivity contribution in [2.45, 2.75) is 11.9 Å². The molecule has 48 valence electrons. The van der Waals surface area contributed by atoms with Gasteiger partial charge >= 0.3 is 0 Å². The third kappa shape index (κ3) is 1.63. The van der Waals surface area contributed by atoms with Crippen molar-refractivity contribution in [2.24, 2.45) is 0 Å². The molecule has 0 spiro atoms. The summed E-state index contributed by atoms with van der Waals surface area (Å²) in [4.78, 5) is 4.08. The first-order valence-electron chi connectivity index (χ1n) is 2.57. The van der Waals surface area contributed by atoms with Gasteiger partial charge in [0, 0.05) is 6.20 Å². The fraction of sp³-hybridized carbons (Fsp3) is 0.167. The smallest absolute Gasteiger partial charge is 0.109 e. The fourth-order valence-corrected chi connectivity index (χ4v) is 1.46. The minimum Gasteiger partial charge on any atom is -0.249 e. The molecule has 0 saturated carbocycles. The monoisotopic (exact) mass is 157 g/mol. The quantitative estimate of drug-likeness (QED) is 0.496. The Bertz CT molecular complexity index is 200. The maximum absolute atomic E-state index is 4.08. The van der Waals surface area contributed by atoms with Gasteiger partial charge in [0.1, 0.15) is 5.03 Å². The Hall–Kier alpha value is -0.150. The van der Waals surface area contributed by atoms with Crippen LogP contribution in [-0.2, 0) is 0 Å². The van der Waals surface area contributed by atoms with Crippen LogP contribution in [-0.4, -0.2) is 4.98 Å². The summed E-state index contributed by atoms with van der Waals surface area (Å²) in [6, 6.07) is 3.94. The Kier molecular flexibility index (Phi) is 2.42. The molecule has 9 heavy (non-hydrogen) atoms. The van der Waals surface area contributed by atoms with Crippen molar-refractivity contribution in [2.75, 3.05) is 0 Å². The van der Waals surface area contributed by atoms with Crippen LogP contribution in [0.4, 0.5) is 0 Å². The van der Waals surface area contributed by atoms with E-state index in [4.69, 9.17) is 0 Å². The molecule has 0 atom stereocenters. The molecule has 0 bridgehead atoms. The van der Waals surface area contributed by atoms with Crippen LogP contribution < -0.4 is 0 Å². The number of hydrogen-bond donors (Lipinski definition) is 1. The fourth-order valence-electron chi connectivity index (χ4n) is 0.567. The van der Waals surface area contributed by atoms with Gasteiger partial charge in [0.2, 0.25) is 0 Å². The first-order chi connectivity index (χ1) is 4.34. The van der Waals surface area contributed by atoms with E-state index in [0.717, 1.165) is 5.03 Å². The number of pyridine rings is 1. The van der Waals surface area contributed by atoms with E-state index in [-0.39, 0.29) is 0 Å². The molecule has 0 aliphatic rings. The van der Waals surface area contributed by atoms with Crippen molar-refractivity contribution in [3.05, 3.63) is 23.9 Å². The summed E-state index contributed by atoms with van der Waals surface area (Å²) in [6.07, 6.45) is 1.77. The molecule has 0 aliphatic carbocycles. The highest BCUT2D eigenvalue weighted by molar-refractivity contribution is 8.68. The van der Waals surface area contributed by atoms with Crippen molar-refractivity contribution in [3.63, 3.8) is 0 Å². The van der Waals surface area contributed by atoms with E-state index in [1.165, 1.54) is 16.4 Å². The van der Waals surface area contributed by atoms with Gasteiger partial charge in [0.05, 0.1) is 0 Å². The van der Waals surface area contributed by atoms with Gasteiger partial charge in [-0.2, -0.15) is 0 Å². The van der Waals surface area contributed by atoms with Crippen molar-refractivity contribution in [1.82, 2.24) is 4.98 Å². The third-order valence-electron chi connectivity index (χ3n) is 1.05. The van der Waals surface area contributed by atoms with Crippen LogP contribution in [0, 0.1) is 6.92 Å². The molecule has 0 amide bonds. The average molecular weight is 157 g/mol. The zero-order valence-corrected chi connectivity index (χ0v) is 6.75. The summed E-state index contributed by atoms with van der Waals surface area (Å²) in [7, 11) is 1.38. The third-order valence-corrected chi connectivity index (χ3v) is 2.17. The van der Waals surface area contributed by atoms with E-state index in [1.807, 2.05) is 19.1 Å². The van der Waals surface area contributed by atoms with Gasteiger partial charge in [-0.05, 0) is 29.3 Å². The second kappa shape index (κ2) is 3.13. The van der Waals surface area contributed by atoms with Crippen molar-refractivity contribution < 1.29 is 0 Å². The van der Waals surface area contributed by atoms with Gasteiger partial charge in [-0.25, -0.2) is 4.98 Å². The number of aryl methyl sites for hydroxylation is 1. The number of hydrogen-bond acceptors (Lipinski definition) is 3. The summed E-state index contributed by atoms with van der Waals surface area (Å²) in [5.74, 6) is 0. The minimum absolute atomic E-state index is 0.987. The lowest BCUT2D eigenvalue weighted by molar-refractivity contribution is 1.09. The van der Waals surface area contributed by atoms with Crippen LogP contribution in [0.1, 0.15) is 5.56 Å². The molecule has 1 rings (SSSR count). The molecule has 1 aromatic rings. The Labute approximate surface area is 63.7 Å². The SMILES string of the molecule is Cc1cccnc1SS. The van der Waals surface area contributed by atoms with E-state index < -0.39 is 0 Å². The Morgan fingerprint density at radius 2 is 2.44 bits per heavy atom. The van der Waals surface area contributed by atoms with Crippen LogP contribution in [0.2, 0.25) is 0 Å². The molecule has 0 aliphatic heterocycles. The predicted molar refractivity (Wildman–Crippen MR) is 43.8 cm³/mol. The lowest BCUT2D eigenvalue weighted by Crippen LogP contribution is -1.79. The van der Waals surface area contributed by atoms with Crippen LogP contribution in [0.25, 0.3) is 0 Å². The molecule has 1 aromatic heterocycles. The molecular weight excluding hydrogens is 150 g/mol. The maximum atomic E-state index is 4.08. The van der Waals surface area contributed by atoms with Gasteiger partial charge in [-0.3, -0.25) is 0 Å². The molecule has 0 aromatic carbocycles. The molecule has 0 saturated heterocycles. The summed E-state index contributed by atoms with van der Waals surface area (Å²) < 4.78 is 0. The minimum atomic E-state index is 0.987. The first-order valence-corrected chi connectivity index (χ1v) is 4.44. The van der Waals surface area contributed by atoms with Gasteiger partial charge < -0.3 is 0 Å². The lowest BCUT2D eigenvalue weighted by atomic mass is 10.3. The normalized spacial score (nSPS) is 9.56. The highest BCUT2D eigenvalue weighted by atomic mass is 33.1. The Balaban J connectivity index is 3.01. The van der Waals surface area contributed by atoms with Crippen LogP contribution in [0.3, 0.4) is 0 Å². The van der Waals surface area contributed by atoms with E-state index in [2.05, 4.69) is 16.6 Å². The largest absolute Gasteiger partial charge is 0.249 e. The molecular formula is C6H7NS2. The zero-order chi connectivity index (χ0) is 6.69. The summed E-state index contributed by atoms with van der Waals surface area (Å²) in [6.45, 7) is 2.02. The summed E-state index contributed by atoms with van der Waals surface area (Å²) >= 11 is 4.03. The van der Waals surface area contributed by atoms with Crippen LogP contribution >= 0.6 is 22.5 Å². The topological polar surface area (TPSA) is 12.9 Å². The van der Waals surface area contributed by atoms with Gasteiger partial charge in [-0.15, -0.1) is 11.7 Å². The number of aromatic nitrogens is 1. The van der Waals surface area contributed by atoms with Crippen molar-refractivity contribution in [1.29, 1.82) is 0 Å². The molecule has 0 N–H and O–H groups in total. The highest BCUT2D eigenvalue weighted by Crippen LogP contribution is 2.21. The van der Waals surface area contributed by atoms with E-state index >= 15 is 0 Å². The molecule has 1 heterocycles. The zero-order valence-electron chi connectivity index (χ0n) is 5.03. The van der Waals surface area contributed by atoms with Crippen LogP contribution in [0.5, 0.6) is 0 Å². The van der Waals surface area contributed by atoms with Crippen molar-refractivity contribution in [3.8, 4) is 0 Å². The van der Waals surface area contributed by atoms with Gasteiger partial charge in [0.15, 0.2) is 0 Å². The molecule has 1 nitrogen and oxygen atoms in total. The molecule has 0 fully saturated rings. The number of nitrogens with zero attached hydrogens (tertiary/aromatic N) is 1. The Morgan fingerprint density at radius 1 is 1.67 bits per heavy atom. The highest BCUT2D eigenvalue weighted by Gasteiger charge is 1.93. The Morgan fingerprint density at radius 3 is 2.89 bits per heavy atom. The molecule has 3 heteroatoms. The predicted octanol–water partition coefficient (Wildman–Crippen LogP) is 2.33. The van der Waals surface area contributed by atoms with E-state index in [1.54, 1.807) is 6.20 Å². The summed E-state index contributed by atoms with van der Waals surface area (Å²) in [5.41, 5.74) is 1.18. The number of thiol groups is 1. The number of rotatable bonds is 1. The standard InChI is InChI=1S/C6H7NS2/c1-5-3-2-4-7-6(5)9-8/h2-4,8H,1H3. The van der Waals surface area contributed by atoms with E-state index in [9.17, 15) is 0 Å². The average Bonchev–Trinajstić information content (AvgIpc) is 1.89. The maximum Gasteiger partial charge on any atom is 0.109 e. The van der Waals surface area contributed by atoms with Crippen LogP contribution in [0.15, 0.2) is 23.4 Å². The summed E-state index contributed by atoms with van der Waals surface area (Å²) in [5, 5.41) is 0.987. The van der Waals surface area contributed by atoms with Gasteiger partial charge in [-0.1, -0.05) is 6.07 Å². The second-order valence-corrected chi connectivity index (χ2v) is 2.83. The first kappa shape index (κ1) is 6.96. The molecule has 0 unspecified atom stereocenters. The van der Waals surface area contributed by atoms with E-state index in [0.29, 0.717) is 0 Å². The second-order valence-electron chi connectivity index (χ2n) is 1.72. The van der Waals surface area contributed by atoms with Gasteiger partial charge in [0.25, 0.3) is 0 Å². The molecule has 0 radical (unpaired) electrons. The lowest BCUT2D eigenvalue weighted by Gasteiger charge is -1.95.